The molecule has 2 atom stereocenters. The van der Waals surface area contributed by atoms with Gasteiger partial charge in [-0.15, -0.1) is 0 Å². The molecule has 1 saturated heterocycles. The molecule has 2 unspecified atom stereocenters. The van der Waals surface area contributed by atoms with Gasteiger partial charge in [-0.1, -0.05) is 33.6 Å². The molecule has 0 radical (unpaired) electrons. The maximum Gasteiger partial charge on any atom is 0.241 e. The van der Waals surface area contributed by atoms with Crippen molar-refractivity contribution in [1.82, 2.24) is 10.2 Å². The van der Waals surface area contributed by atoms with Crippen LogP contribution in [-0.2, 0) is 4.79 Å². The quantitative estimate of drug-likeness (QED) is 0.661. The van der Waals surface area contributed by atoms with Crippen LogP contribution in [0.3, 0.4) is 0 Å². The van der Waals surface area contributed by atoms with Crippen LogP contribution in [0.1, 0.15) is 52.9 Å². The van der Waals surface area contributed by atoms with Gasteiger partial charge in [0.15, 0.2) is 0 Å². The highest BCUT2D eigenvalue weighted by atomic mass is 32.2. The van der Waals surface area contributed by atoms with E-state index in [1.165, 1.54) is 18.6 Å². The van der Waals surface area contributed by atoms with Crippen LogP contribution in [0, 0.1) is 5.92 Å². The Morgan fingerprint density at radius 1 is 1.32 bits per heavy atom. The summed E-state index contributed by atoms with van der Waals surface area (Å²) in [6.45, 7) is 7.45. The van der Waals surface area contributed by atoms with E-state index in [1.807, 2.05) is 11.8 Å². The fourth-order valence-electron chi connectivity index (χ4n) is 2.71. The summed E-state index contributed by atoms with van der Waals surface area (Å²) in [5, 5.41) is 3.52. The number of hydrogen-bond acceptors (Lipinski definition) is 3. The van der Waals surface area contributed by atoms with Crippen LogP contribution in [-0.4, -0.2) is 41.6 Å². The lowest BCUT2D eigenvalue weighted by Gasteiger charge is -2.27. The zero-order valence-corrected chi connectivity index (χ0v) is 13.8. The van der Waals surface area contributed by atoms with Gasteiger partial charge >= 0.3 is 0 Å². The Labute approximate surface area is 122 Å². The third kappa shape index (κ3) is 4.99. The number of nitrogens with zero attached hydrogens (tertiary/aromatic N) is 1. The molecule has 19 heavy (non-hydrogen) atoms. The Kier molecular flexibility index (Phi) is 7.84. The van der Waals surface area contributed by atoms with Crippen LogP contribution in [0.5, 0.6) is 0 Å². The van der Waals surface area contributed by atoms with Gasteiger partial charge in [-0.05, 0) is 37.2 Å². The zero-order chi connectivity index (χ0) is 14.3. The van der Waals surface area contributed by atoms with Crippen molar-refractivity contribution in [3.8, 4) is 0 Å². The van der Waals surface area contributed by atoms with Crippen LogP contribution < -0.4 is 5.32 Å². The van der Waals surface area contributed by atoms with Crippen molar-refractivity contribution in [3.63, 3.8) is 0 Å². The molecule has 0 aromatic carbocycles. The molecule has 1 heterocycles. The van der Waals surface area contributed by atoms with Gasteiger partial charge in [0, 0.05) is 6.54 Å². The Balaban J connectivity index is 2.45. The minimum atomic E-state index is 0.0589. The number of thioether (sulfide) groups is 1. The highest BCUT2D eigenvalue weighted by Crippen LogP contribution is 2.21. The number of carbonyl (C=O) groups is 1. The second-order valence-electron chi connectivity index (χ2n) is 5.78. The highest BCUT2D eigenvalue weighted by molar-refractivity contribution is 7.98. The van der Waals surface area contributed by atoms with Gasteiger partial charge in [-0.3, -0.25) is 10.1 Å². The van der Waals surface area contributed by atoms with E-state index in [-0.39, 0.29) is 12.2 Å². The Bertz CT molecular complexity index is 271. The van der Waals surface area contributed by atoms with Gasteiger partial charge < -0.3 is 4.90 Å². The molecular formula is C15H30N2OS. The largest absolute Gasteiger partial charge is 0.326 e. The summed E-state index contributed by atoms with van der Waals surface area (Å²) in [7, 11) is 0. The van der Waals surface area contributed by atoms with Crippen molar-refractivity contribution >= 4 is 17.7 Å². The summed E-state index contributed by atoms with van der Waals surface area (Å²) in [6, 6.07) is 0.0589. The molecule has 112 valence electrons. The molecule has 1 N–H and O–H groups in total. The second kappa shape index (κ2) is 8.85. The summed E-state index contributed by atoms with van der Waals surface area (Å²) >= 11 is 1.90. The Morgan fingerprint density at radius 3 is 2.63 bits per heavy atom. The van der Waals surface area contributed by atoms with E-state index in [2.05, 4.69) is 37.2 Å². The smallest absolute Gasteiger partial charge is 0.241 e. The molecule has 0 aliphatic carbocycles. The van der Waals surface area contributed by atoms with E-state index in [1.54, 1.807) is 0 Å². The number of rotatable bonds is 9. The first-order valence-electron chi connectivity index (χ1n) is 7.67. The van der Waals surface area contributed by atoms with Crippen molar-refractivity contribution in [2.75, 3.05) is 18.6 Å². The minimum absolute atomic E-state index is 0.0589. The number of hydrogen-bond donors (Lipinski definition) is 1. The number of amides is 1. The molecule has 0 bridgehead atoms. The maximum absolute atomic E-state index is 12.4. The predicted octanol–water partition coefficient (Wildman–Crippen LogP) is 3.10. The fourth-order valence-corrected chi connectivity index (χ4v) is 3.20. The normalized spacial score (nSPS) is 23.6. The monoisotopic (exact) mass is 286 g/mol. The molecule has 3 nitrogen and oxygen atoms in total. The second-order valence-corrected chi connectivity index (χ2v) is 6.77. The van der Waals surface area contributed by atoms with Crippen molar-refractivity contribution < 1.29 is 4.79 Å². The number of unbranched alkanes of at least 4 members (excludes halogenated alkanes) is 2. The first-order chi connectivity index (χ1) is 9.11. The fraction of sp³-hybridized carbons (Fsp3) is 0.933. The number of carbonyl (C=O) groups excluding carboxylic acids is 1. The average Bonchev–Trinajstić information content (AvgIpc) is 2.68. The van der Waals surface area contributed by atoms with E-state index < -0.39 is 0 Å². The first-order valence-corrected chi connectivity index (χ1v) is 9.06. The molecular weight excluding hydrogens is 256 g/mol. The van der Waals surface area contributed by atoms with Crippen LogP contribution in [0.2, 0.25) is 0 Å². The van der Waals surface area contributed by atoms with Crippen molar-refractivity contribution in [3.05, 3.63) is 0 Å². The summed E-state index contributed by atoms with van der Waals surface area (Å²) in [5.41, 5.74) is 0. The van der Waals surface area contributed by atoms with Crippen molar-refractivity contribution in [1.29, 1.82) is 0 Å². The van der Waals surface area contributed by atoms with Gasteiger partial charge in [0.05, 0.1) is 12.2 Å². The highest BCUT2D eigenvalue weighted by Gasteiger charge is 2.38. The van der Waals surface area contributed by atoms with Gasteiger partial charge in [0.1, 0.15) is 0 Å². The molecule has 1 fully saturated rings. The van der Waals surface area contributed by atoms with E-state index in [9.17, 15) is 4.79 Å². The molecule has 1 aliphatic rings. The van der Waals surface area contributed by atoms with E-state index in [0.717, 1.165) is 25.8 Å². The lowest BCUT2D eigenvalue weighted by atomic mass is 10.1. The van der Waals surface area contributed by atoms with E-state index in [0.29, 0.717) is 11.8 Å². The average molecular weight is 286 g/mol. The molecule has 1 aliphatic heterocycles. The van der Waals surface area contributed by atoms with Crippen LogP contribution in [0.25, 0.3) is 0 Å². The maximum atomic E-state index is 12.4. The Hall–Kier alpha value is -0.220. The number of nitrogens with one attached hydrogen (secondary N) is 1. The SMILES string of the molecule is CCCC1NC(C(C)C)N(CCCCCSC)C1=O. The third-order valence-electron chi connectivity index (χ3n) is 3.75. The molecule has 1 amide bonds. The molecule has 4 heteroatoms. The summed E-state index contributed by atoms with van der Waals surface area (Å²) in [5.74, 6) is 2.04. The minimum Gasteiger partial charge on any atom is -0.326 e. The molecule has 0 aromatic heterocycles. The van der Waals surface area contributed by atoms with Crippen LogP contribution >= 0.6 is 11.8 Å². The first kappa shape index (κ1) is 16.8. The van der Waals surface area contributed by atoms with Crippen LogP contribution in [0.15, 0.2) is 0 Å². The van der Waals surface area contributed by atoms with E-state index >= 15 is 0 Å². The molecule has 1 rings (SSSR count). The predicted molar refractivity (Wildman–Crippen MR) is 84.4 cm³/mol. The lowest BCUT2D eigenvalue weighted by Crippen LogP contribution is -2.41. The summed E-state index contributed by atoms with van der Waals surface area (Å²) < 4.78 is 0. The van der Waals surface area contributed by atoms with Gasteiger partial charge in [0.2, 0.25) is 5.91 Å². The van der Waals surface area contributed by atoms with Crippen molar-refractivity contribution in [2.45, 2.75) is 65.1 Å². The third-order valence-corrected chi connectivity index (χ3v) is 4.44. The van der Waals surface area contributed by atoms with Gasteiger partial charge in [0.25, 0.3) is 0 Å². The molecule has 0 aromatic rings. The summed E-state index contributed by atoms with van der Waals surface area (Å²) in [6.07, 6.45) is 8.05. The van der Waals surface area contributed by atoms with Crippen LogP contribution in [0.4, 0.5) is 0 Å². The lowest BCUT2D eigenvalue weighted by molar-refractivity contribution is -0.130. The molecule has 0 spiro atoms. The topological polar surface area (TPSA) is 32.3 Å². The summed E-state index contributed by atoms with van der Waals surface area (Å²) in [4.78, 5) is 14.5. The van der Waals surface area contributed by atoms with Crippen molar-refractivity contribution in [2.24, 2.45) is 5.92 Å². The van der Waals surface area contributed by atoms with Gasteiger partial charge in [-0.25, -0.2) is 0 Å². The van der Waals surface area contributed by atoms with Gasteiger partial charge in [-0.2, -0.15) is 11.8 Å². The Morgan fingerprint density at radius 2 is 2.05 bits per heavy atom. The molecule has 0 saturated carbocycles. The van der Waals surface area contributed by atoms with E-state index in [4.69, 9.17) is 0 Å². The zero-order valence-electron chi connectivity index (χ0n) is 12.9. The standard InChI is InChI=1S/C15H30N2OS/c1-5-9-13-15(18)17(14(16-13)12(2)3)10-7-6-8-11-19-4/h12-14,16H,5-11H2,1-4H3.